The highest BCUT2D eigenvalue weighted by molar-refractivity contribution is 6.42. The number of fused-ring (bicyclic) bond motifs is 1. The maximum Gasteiger partial charge on any atom is 0.213 e. The summed E-state index contributed by atoms with van der Waals surface area (Å²) in [6.07, 6.45) is 1.27. The summed E-state index contributed by atoms with van der Waals surface area (Å²) in [6, 6.07) is 14.1. The quantitative estimate of drug-likeness (QED) is 0.648. The van der Waals surface area contributed by atoms with Gasteiger partial charge in [-0.25, -0.2) is 9.97 Å². The van der Waals surface area contributed by atoms with Crippen molar-refractivity contribution in [2.75, 3.05) is 5.32 Å². The minimum Gasteiger partial charge on any atom is -0.352 e. The molecule has 2 aromatic carbocycles. The van der Waals surface area contributed by atoms with Crippen molar-refractivity contribution in [3.05, 3.63) is 87.3 Å². The molecule has 0 saturated carbocycles. The first kappa shape index (κ1) is 18.3. The molecule has 0 radical (unpaired) electrons. The van der Waals surface area contributed by atoms with Crippen molar-refractivity contribution in [3.8, 4) is 11.4 Å². The number of benzene rings is 2. The van der Waals surface area contributed by atoms with E-state index in [0.717, 1.165) is 0 Å². The second kappa shape index (κ2) is 7.19. The normalized spacial score (nSPS) is 13.2. The Bertz CT molecular complexity index is 1160. The van der Waals surface area contributed by atoms with E-state index in [9.17, 15) is 9.59 Å². The molecule has 0 atom stereocenters. The molecule has 1 N–H and O–H groups in total. The number of carbonyl (C=O) groups is 2. The third-order valence-electron chi connectivity index (χ3n) is 4.30. The summed E-state index contributed by atoms with van der Waals surface area (Å²) in [5, 5.41) is 3.76. The van der Waals surface area contributed by atoms with Crippen LogP contribution in [0.3, 0.4) is 0 Å². The van der Waals surface area contributed by atoms with Gasteiger partial charge in [0.15, 0.2) is 5.82 Å². The minimum absolute atomic E-state index is 0.0807. The highest BCUT2D eigenvalue weighted by Gasteiger charge is 2.30. The van der Waals surface area contributed by atoms with E-state index in [4.69, 9.17) is 23.2 Å². The van der Waals surface area contributed by atoms with Gasteiger partial charge in [0.05, 0.1) is 27.0 Å². The molecule has 0 fully saturated rings. The van der Waals surface area contributed by atoms with Crippen molar-refractivity contribution in [1.82, 2.24) is 9.97 Å². The van der Waals surface area contributed by atoms with Crippen molar-refractivity contribution in [1.29, 1.82) is 0 Å². The summed E-state index contributed by atoms with van der Waals surface area (Å²) in [7, 11) is 0. The first-order valence-electron chi connectivity index (χ1n) is 8.41. The van der Waals surface area contributed by atoms with Crippen LogP contribution in [0.25, 0.3) is 11.4 Å². The van der Waals surface area contributed by atoms with E-state index in [-0.39, 0.29) is 28.5 Å². The number of ketones is 2. The van der Waals surface area contributed by atoms with E-state index in [2.05, 4.69) is 15.3 Å². The number of halogens is 2. The van der Waals surface area contributed by atoms with Gasteiger partial charge in [-0.05, 0) is 37.3 Å². The van der Waals surface area contributed by atoms with Crippen molar-refractivity contribution in [3.63, 3.8) is 0 Å². The number of hydrogen-bond donors (Lipinski definition) is 1. The summed E-state index contributed by atoms with van der Waals surface area (Å²) in [5.41, 5.74) is 2.22. The van der Waals surface area contributed by atoms with Gasteiger partial charge >= 0.3 is 0 Å². The second-order valence-electron chi connectivity index (χ2n) is 6.23. The van der Waals surface area contributed by atoms with Gasteiger partial charge in [0.25, 0.3) is 0 Å². The molecule has 0 amide bonds. The zero-order chi connectivity index (χ0) is 19.8. The van der Waals surface area contributed by atoms with Crippen LogP contribution in [0.5, 0.6) is 0 Å². The zero-order valence-electron chi connectivity index (χ0n) is 14.7. The van der Waals surface area contributed by atoms with Gasteiger partial charge in [0.2, 0.25) is 11.6 Å². The van der Waals surface area contributed by atoms with E-state index < -0.39 is 0 Å². The van der Waals surface area contributed by atoms with Crippen LogP contribution in [0, 0.1) is 6.92 Å². The molecule has 28 heavy (non-hydrogen) atoms. The van der Waals surface area contributed by atoms with Gasteiger partial charge in [-0.3, -0.25) is 9.59 Å². The molecule has 3 aromatic rings. The maximum absolute atomic E-state index is 12.9. The third kappa shape index (κ3) is 3.30. The Balaban J connectivity index is 1.75. The molecular weight excluding hydrogens is 397 g/mol. The molecule has 1 aliphatic carbocycles. The van der Waals surface area contributed by atoms with Crippen molar-refractivity contribution in [2.24, 2.45) is 0 Å². The molecule has 1 aromatic heterocycles. The van der Waals surface area contributed by atoms with Crippen LogP contribution >= 0.6 is 23.2 Å². The maximum atomic E-state index is 12.9. The number of nitrogens with zero attached hydrogens (tertiary/aromatic N) is 2. The summed E-state index contributed by atoms with van der Waals surface area (Å²) in [5.74, 6) is -0.375. The molecule has 138 valence electrons. The SMILES string of the molecule is Cc1nc(-c2ccc(Cl)c(Cl)c2)nc2c1C(=O)C(Nc1ccccc1)=CC2=O. The molecule has 0 spiro atoms. The number of nitrogens with one attached hydrogen (secondary N) is 1. The highest BCUT2D eigenvalue weighted by Crippen LogP contribution is 2.29. The lowest BCUT2D eigenvalue weighted by molar-refractivity contribution is 0.0981. The molecule has 7 heteroatoms. The van der Waals surface area contributed by atoms with E-state index in [1.807, 2.05) is 30.3 Å². The molecule has 0 unspecified atom stereocenters. The predicted octanol–water partition coefficient (Wildman–Crippen LogP) is 5.13. The molecule has 4 rings (SSSR count). The van der Waals surface area contributed by atoms with Gasteiger partial charge in [-0.15, -0.1) is 0 Å². The Labute approximate surface area is 171 Å². The Morgan fingerprint density at radius 2 is 1.68 bits per heavy atom. The standard InChI is InChI=1S/C21H13Cl2N3O2/c1-11-18-19(26-21(24-11)12-7-8-14(22)15(23)9-12)17(27)10-16(20(18)28)25-13-5-3-2-4-6-13/h2-10,25H,1H3. The molecular formula is C21H13Cl2N3O2. The number of hydrogen-bond acceptors (Lipinski definition) is 5. The summed E-state index contributed by atoms with van der Waals surface area (Å²) in [4.78, 5) is 34.4. The molecule has 0 bridgehead atoms. The average molecular weight is 410 g/mol. The van der Waals surface area contributed by atoms with Crippen LogP contribution in [0.1, 0.15) is 26.5 Å². The van der Waals surface area contributed by atoms with Gasteiger partial charge in [0.1, 0.15) is 5.69 Å². The number of para-hydroxylation sites is 1. The fraction of sp³-hybridized carbons (Fsp3) is 0.0476. The Hall–Kier alpha value is -3.02. The van der Waals surface area contributed by atoms with E-state index >= 15 is 0 Å². The number of allylic oxidation sites excluding steroid dienone is 2. The molecule has 5 nitrogen and oxygen atoms in total. The van der Waals surface area contributed by atoms with Gasteiger partial charge in [-0.2, -0.15) is 0 Å². The van der Waals surface area contributed by atoms with E-state index in [1.165, 1.54) is 6.08 Å². The molecule has 0 aliphatic heterocycles. The fourth-order valence-corrected chi connectivity index (χ4v) is 3.25. The van der Waals surface area contributed by atoms with Gasteiger partial charge in [-0.1, -0.05) is 41.4 Å². The number of rotatable bonds is 3. The monoisotopic (exact) mass is 409 g/mol. The largest absolute Gasteiger partial charge is 0.352 e. The van der Waals surface area contributed by atoms with Crippen LogP contribution in [-0.4, -0.2) is 21.5 Å². The number of Topliss-reactive ketones (excluding diaryl/α,β-unsaturated/α-hetero) is 1. The van der Waals surface area contributed by atoms with Crippen LogP contribution in [0.4, 0.5) is 5.69 Å². The minimum atomic E-state index is -0.361. The Kier molecular flexibility index (Phi) is 4.71. The van der Waals surface area contributed by atoms with Crippen molar-refractivity contribution >= 4 is 40.5 Å². The summed E-state index contributed by atoms with van der Waals surface area (Å²) >= 11 is 12.0. The van der Waals surface area contributed by atoms with Crippen LogP contribution in [-0.2, 0) is 0 Å². The lowest BCUT2D eigenvalue weighted by Gasteiger charge is -2.18. The number of aryl methyl sites for hydroxylation is 1. The zero-order valence-corrected chi connectivity index (χ0v) is 16.2. The lowest BCUT2D eigenvalue weighted by atomic mass is 9.95. The molecule has 0 saturated heterocycles. The highest BCUT2D eigenvalue weighted by atomic mass is 35.5. The Morgan fingerprint density at radius 3 is 2.39 bits per heavy atom. The van der Waals surface area contributed by atoms with E-state index in [1.54, 1.807) is 25.1 Å². The summed E-state index contributed by atoms with van der Waals surface area (Å²) in [6.45, 7) is 1.68. The first-order valence-corrected chi connectivity index (χ1v) is 9.16. The topological polar surface area (TPSA) is 72.0 Å². The predicted molar refractivity (Wildman–Crippen MR) is 109 cm³/mol. The molecule has 1 heterocycles. The Morgan fingerprint density at radius 1 is 0.929 bits per heavy atom. The van der Waals surface area contributed by atoms with Crippen LogP contribution in [0.15, 0.2) is 60.3 Å². The summed E-state index contributed by atoms with van der Waals surface area (Å²) < 4.78 is 0. The van der Waals surface area contributed by atoms with Crippen molar-refractivity contribution < 1.29 is 9.59 Å². The van der Waals surface area contributed by atoms with Crippen molar-refractivity contribution in [2.45, 2.75) is 6.92 Å². The van der Waals surface area contributed by atoms with Crippen LogP contribution in [0.2, 0.25) is 10.0 Å². The lowest BCUT2D eigenvalue weighted by Crippen LogP contribution is -2.25. The van der Waals surface area contributed by atoms with Crippen LogP contribution < -0.4 is 5.32 Å². The number of carbonyl (C=O) groups excluding carboxylic acids is 2. The smallest absolute Gasteiger partial charge is 0.213 e. The fourth-order valence-electron chi connectivity index (χ4n) is 2.96. The molecule has 1 aliphatic rings. The average Bonchev–Trinajstić information content (AvgIpc) is 2.68. The second-order valence-corrected chi connectivity index (χ2v) is 7.04. The van der Waals surface area contributed by atoms with E-state index in [0.29, 0.717) is 32.8 Å². The number of aromatic nitrogens is 2. The number of anilines is 1. The van der Waals surface area contributed by atoms with Gasteiger partial charge < -0.3 is 5.32 Å². The van der Waals surface area contributed by atoms with Gasteiger partial charge in [0, 0.05) is 17.3 Å². The first-order chi connectivity index (χ1) is 13.4. The third-order valence-corrected chi connectivity index (χ3v) is 5.04.